The molecule has 0 amide bonds. The fraction of sp³-hybridized carbons (Fsp3) is 0.355. The van der Waals surface area contributed by atoms with E-state index in [1.165, 1.54) is 47.6 Å². The van der Waals surface area contributed by atoms with E-state index in [9.17, 15) is 0 Å². The minimum Gasteiger partial charge on any atom is -1.00 e. The molecule has 0 heterocycles. The molecule has 10 radical (unpaired) electrons. The van der Waals surface area contributed by atoms with Gasteiger partial charge in [0.25, 0.3) is 0 Å². The third-order valence-electron chi connectivity index (χ3n) is 6.19. The maximum Gasteiger partial charge on any atom is 3.00 e. The third-order valence-corrected chi connectivity index (χ3v) is 6.19. The monoisotopic (exact) mass is 593 g/mol. The maximum atomic E-state index is 4.58. The Labute approximate surface area is 251 Å². The predicted octanol–water partition coefficient (Wildman–Crippen LogP) is 9.38. The van der Waals surface area contributed by atoms with Crippen LogP contribution in [0.2, 0.25) is 0 Å². The Balaban J connectivity index is 0.000000712. The van der Waals surface area contributed by atoms with E-state index in [1.54, 1.807) is 5.92 Å². The van der Waals surface area contributed by atoms with Crippen molar-refractivity contribution in [2.45, 2.75) is 75.2 Å². The molecule has 2 nitrogen and oxygen atoms in total. The molecule has 4 heteroatoms. The van der Waals surface area contributed by atoms with E-state index in [1.807, 2.05) is 44.2 Å². The topological polar surface area (TPSA) is 26.5 Å². The fourth-order valence-electron chi connectivity index (χ4n) is 3.93. The van der Waals surface area contributed by atoms with Crippen LogP contribution in [-0.2, 0) is 0 Å². The molecule has 0 spiro atoms. The summed E-state index contributed by atoms with van der Waals surface area (Å²) in [5.74, 6) is 7.62. The molecule has 0 unspecified atom stereocenters. The Morgan fingerprint density at radius 2 is 1.20 bits per heavy atom. The average molecular weight is 596 g/mol. The number of rotatable bonds is 6. The summed E-state index contributed by atoms with van der Waals surface area (Å²) >= 11 is 0. The van der Waals surface area contributed by atoms with E-state index in [0.717, 1.165) is 22.8 Å². The summed E-state index contributed by atoms with van der Waals surface area (Å²) < 4.78 is 0. The standard InChI is InChI=1S/C19H21N2.C12H19.B.Nd/c1-14-5-9-18(10-6-14)20-16(3)13-17(4)21-19-11-7-15(2)8-12-19;1-6-7-12-10(4)8(2)9(3)11(12)5;;/h5-13H,1-4H3;6-7H2,1-5H3;;/q-1;;-1;+3/b16-13-,21-17?;;;. The Kier molecular flexibility index (Phi) is 16.3. The second-order valence-corrected chi connectivity index (χ2v) is 9.05. The van der Waals surface area contributed by atoms with Crippen LogP contribution in [0.3, 0.4) is 0 Å². The van der Waals surface area contributed by atoms with Crippen molar-refractivity contribution in [1.82, 2.24) is 0 Å². The number of nitrogens with zero attached hydrogens (tertiary/aromatic N) is 2. The van der Waals surface area contributed by atoms with Gasteiger partial charge in [-0.3, -0.25) is 4.99 Å². The number of benzene rings is 2. The van der Waals surface area contributed by atoms with Gasteiger partial charge in [0.1, 0.15) is 0 Å². The second-order valence-electron chi connectivity index (χ2n) is 9.05. The zero-order chi connectivity index (χ0) is 24.5. The average Bonchev–Trinajstić information content (AvgIpc) is 2.95. The first-order chi connectivity index (χ1) is 15.6. The molecule has 1 fully saturated rings. The van der Waals surface area contributed by atoms with Crippen molar-refractivity contribution in [3.05, 3.63) is 106 Å². The van der Waals surface area contributed by atoms with Gasteiger partial charge in [-0.15, -0.1) is 5.69 Å². The number of aliphatic imine (C=N–C) groups is 1. The maximum absolute atomic E-state index is 4.58. The van der Waals surface area contributed by atoms with E-state index in [0.29, 0.717) is 0 Å². The van der Waals surface area contributed by atoms with E-state index in [-0.39, 0.29) is 49.3 Å². The summed E-state index contributed by atoms with van der Waals surface area (Å²) in [6, 6.07) is 16.4. The van der Waals surface area contributed by atoms with Crippen molar-refractivity contribution in [3.8, 4) is 0 Å². The van der Waals surface area contributed by atoms with Gasteiger partial charge in [0.15, 0.2) is 0 Å². The van der Waals surface area contributed by atoms with Crippen molar-refractivity contribution in [1.29, 1.82) is 0 Å². The smallest absolute Gasteiger partial charge is 1.00 e. The molecule has 3 rings (SSSR count). The zero-order valence-corrected chi connectivity index (χ0v) is 26.3. The molecule has 0 saturated heterocycles. The van der Waals surface area contributed by atoms with E-state index >= 15 is 0 Å². The molecule has 0 aliphatic heterocycles. The molecule has 1 aliphatic carbocycles. The van der Waals surface area contributed by atoms with Crippen molar-refractivity contribution in [2.75, 3.05) is 0 Å². The van der Waals surface area contributed by atoms with Crippen LogP contribution in [0.25, 0.3) is 5.32 Å². The summed E-state index contributed by atoms with van der Waals surface area (Å²) in [7, 11) is 0. The zero-order valence-electron chi connectivity index (χ0n) is 23.1. The first-order valence-electron chi connectivity index (χ1n) is 11.9. The molecule has 2 aromatic rings. The van der Waals surface area contributed by atoms with Crippen molar-refractivity contribution in [3.63, 3.8) is 0 Å². The van der Waals surface area contributed by atoms with Crippen molar-refractivity contribution >= 4 is 25.5 Å². The van der Waals surface area contributed by atoms with Gasteiger partial charge in [0.05, 0.1) is 5.69 Å². The van der Waals surface area contributed by atoms with Crippen molar-refractivity contribution in [2.24, 2.45) is 4.99 Å². The van der Waals surface area contributed by atoms with Crippen LogP contribution in [0.4, 0.5) is 11.4 Å². The van der Waals surface area contributed by atoms with Crippen LogP contribution in [0, 0.1) is 84.3 Å². The Morgan fingerprint density at radius 1 is 0.743 bits per heavy atom. The molecule has 35 heavy (non-hydrogen) atoms. The molecule has 0 atom stereocenters. The van der Waals surface area contributed by atoms with Crippen LogP contribution < -0.4 is 0 Å². The first-order valence-corrected chi connectivity index (χ1v) is 11.9. The van der Waals surface area contributed by atoms with Gasteiger partial charge in [-0.1, -0.05) is 102 Å². The molecule has 0 N–H and O–H groups in total. The summed E-state index contributed by atoms with van der Waals surface area (Å²) in [5, 5.41) is 4.58. The van der Waals surface area contributed by atoms with E-state index in [4.69, 9.17) is 0 Å². The SMILES string of the molecule is CC(/C=C(/C)[N-]c1ccc(C)cc1)=Nc1ccc(C)cc1.CCC[C]1[C](C)[C](C)[C](C)[C]1C.[B-].[Nd+3]. The van der Waals surface area contributed by atoms with Gasteiger partial charge in [-0.2, -0.15) is 5.70 Å². The minimum atomic E-state index is 0. The van der Waals surface area contributed by atoms with Gasteiger partial charge in [0, 0.05) is 5.71 Å². The first kappa shape index (κ1) is 34.1. The summed E-state index contributed by atoms with van der Waals surface area (Å²) in [6.07, 6.45) is 4.50. The molecular formula is C31H40BN2Nd+. The summed E-state index contributed by atoms with van der Waals surface area (Å²) in [6.45, 7) is 19.3. The Morgan fingerprint density at radius 3 is 1.66 bits per heavy atom. The fourth-order valence-corrected chi connectivity index (χ4v) is 3.93. The van der Waals surface area contributed by atoms with Crippen LogP contribution in [-0.4, -0.2) is 14.1 Å². The van der Waals surface area contributed by atoms with Crippen molar-refractivity contribution < 1.29 is 40.8 Å². The minimum absolute atomic E-state index is 0. The largest absolute Gasteiger partial charge is 3.00 e. The number of allylic oxidation sites excluding steroid dienone is 2. The normalized spacial score (nSPS) is 16.3. The Bertz CT molecular complexity index is 904. The molecule has 1 aliphatic rings. The number of hydrogen-bond acceptors (Lipinski definition) is 1. The summed E-state index contributed by atoms with van der Waals surface area (Å²) in [5.41, 5.74) is 6.33. The number of aryl methyl sites for hydroxylation is 2. The molecular weight excluding hydrogens is 555 g/mol. The molecule has 0 bridgehead atoms. The molecule has 2 aromatic carbocycles. The molecule has 1 saturated carbocycles. The summed E-state index contributed by atoms with van der Waals surface area (Å²) in [4.78, 5) is 4.58. The van der Waals surface area contributed by atoms with Gasteiger partial charge in [0.2, 0.25) is 0 Å². The molecule has 0 aromatic heterocycles. The van der Waals surface area contributed by atoms with Crippen LogP contribution in [0.1, 0.15) is 72.4 Å². The molecule has 180 valence electrons. The third kappa shape index (κ3) is 10.9. The number of hydrogen-bond donors (Lipinski definition) is 0. The van der Waals surface area contributed by atoms with Crippen LogP contribution in [0.5, 0.6) is 0 Å². The van der Waals surface area contributed by atoms with E-state index < -0.39 is 0 Å². The predicted molar refractivity (Wildman–Crippen MR) is 151 cm³/mol. The second kappa shape index (κ2) is 16.7. The quantitative estimate of drug-likeness (QED) is 0.235. The van der Waals surface area contributed by atoms with Gasteiger partial charge >= 0.3 is 40.8 Å². The van der Waals surface area contributed by atoms with E-state index in [2.05, 4.69) is 83.0 Å². The van der Waals surface area contributed by atoms with Gasteiger partial charge < -0.3 is 13.7 Å². The van der Waals surface area contributed by atoms with Crippen LogP contribution in [0.15, 0.2) is 65.3 Å². The van der Waals surface area contributed by atoms with Gasteiger partial charge in [-0.05, 0) is 68.9 Å². The van der Waals surface area contributed by atoms with Gasteiger partial charge in [-0.25, -0.2) is 0 Å². The Hall–Kier alpha value is -0.934. The van der Waals surface area contributed by atoms with Crippen LogP contribution >= 0.6 is 0 Å².